The van der Waals surface area contributed by atoms with E-state index < -0.39 is 0 Å². The maximum Gasteiger partial charge on any atom is 2.00 e. The number of imidazole rings is 2. The number of hydrogen-bond acceptors (Lipinski definition) is 5. The fourth-order valence-corrected chi connectivity index (χ4v) is 4.04. The van der Waals surface area contributed by atoms with Gasteiger partial charge >= 0.3 is 18.6 Å². The standard InChI is InChI=1S/C25H25N5O2.2ClH.V/c1-31-16-14-29-22-12-5-3-8-18(22)27-24(29)20-10-7-11-21(26-20)25-28-19-9-4-6-13-23(19)30(25)15-17-32-2;;;/h3-13H,14-17H2,1-2H3;2*1H;/q;;;+2/p-2. The van der Waals surface area contributed by atoms with Crippen LogP contribution in [0.25, 0.3) is 45.1 Å². The van der Waals surface area contributed by atoms with Crippen LogP contribution in [-0.2, 0) is 41.1 Å². The van der Waals surface area contributed by atoms with Gasteiger partial charge in [0.05, 0.1) is 35.3 Å². The Hall–Kier alpha value is -2.39. The van der Waals surface area contributed by atoms with Crippen molar-refractivity contribution in [2.24, 2.45) is 0 Å². The molecule has 0 spiro atoms. The van der Waals surface area contributed by atoms with E-state index in [2.05, 4.69) is 21.3 Å². The molecule has 3 aromatic heterocycles. The second-order valence-corrected chi connectivity index (χ2v) is 7.55. The van der Waals surface area contributed by atoms with E-state index in [1.165, 1.54) is 0 Å². The number of methoxy groups -OCH3 is 2. The van der Waals surface area contributed by atoms with E-state index in [0.29, 0.717) is 26.3 Å². The van der Waals surface area contributed by atoms with Gasteiger partial charge in [-0.15, -0.1) is 0 Å². The van der Waals surface area contributed by atoms with E-state index in [9.17, 15) is 0 Å². The normalized spacial score (nSPS) is 10.6. The number of pyridine rings is 1. The van der Waals surface area contributed by atoms with Gasteiger partial charge in [0.1, 0.15) is 11.4 Å². The van der Waals surface area contributed by atoms with Crippen LogP contribution in [0.15, 0.2) is 66.7 Å². The minimum atomic E-state index is 0. The molecule has 35 heavy (non-hydrogen) atoms. The van der Waals surface area contributed by atoms with Crippen molar-refractivity contribution in [3.63, 3.8) is 0 Å². The molecule has 0 aliphatic rings. The quantitative estimate of drug-likeness (QED) is 0.234. The van der Waals surface area contributed by atoms with Gasteiger partial charge in [-0.05, 0) is 36.4 Å². The van der Waals surface area contributed by atoms with E-state index in [0.717, 1.165) is 45.1 Å². The van der Waals surface area contributed by atoms with Crippen LogP contribution < -0.4 is 24.8 Å². The number of nitrogens with zero attached hydrogens (tertiary/aromatic N) is 5. The van der Waals surface area contributed by atoms with Gasteiger partial charge in [-0.2, -0.15) is 0 Å². The number of para-hydroxylation sites is 4. The average Bonchev–Trinajstić information content (AvgIpc) is 3.40. The van der Waals surface area contributed by atoms with Crippen LogP contribution in [0.2, 0.25) is 0 Å². The Labute approximate surface area is 228 Å². The van der Waals surface area contributed by atoms with E-state index in [1.54, 1.807) is 14.2 Å². The minimum Gasteiger partial charge on any atom is -1.00 e. The maximum absolute atomic E-state index is 5.34. The van der Waals surface area contributed by atoms with Crippen molar-refractivity contribution in [2.45, 2.75) is 13.1 Å². The van der Waals surface area contributed by atoms with E-state index in [1.807, 2.05) is 54.6 Å². The number of rotatable bonds is 8. The molecular weight excluding hydrogens is 524 g/mol. The number of halogens is 2. The van der Waals surface area contributed by atoms with Gasteiger partial charge < -0.3 is 43.4 Å². The van der Waals surface area contributed by atoms with Gasteiger partial charge in [0, 0.05) is 27.3 Å². The molecule has 0 saturated carbocycles. The summed E-state index contributed by atoms with van der Waals surface area (Å²) in [6.07, 6.45) is 0. The molecule has 0 fully saturated rings. The Balaban J connectivity index is 0.00000144. The summed E-state index contributed by atoms with van der Waals surface area (Å²) in [5.74, 6) is 1.65. The molecule has 3 heterocycles. The molecule has 0 aliphatic heterocycles. The number of ether oxygens (including phenoxy) is 2. The third-order valence-corrected chi connectivity index (χ3v) is 5.55. The van der Waals surface area contributed by atoms with Crippen LogP contribution in [0.1, 0.15) is 0 Å². The molecule has 1 radical (unpaired) electrons. The summed E-state index contributed by atoms with van der Waals surface area (Å²) in [6.45, 7) is 2.59. The summed E-state index contributed by atoms with van der Waals surface area (Å²) in [4.78, 5) is 14.8. The molecule has 0 atom stereocenters. The van der Waals surface area contributed by atoms with Crippen molar-refractivity contribution in [2.75, 3.05) is 27.4 Å². The Bertz CT molecular complexity index is 1290. The van der Waals surface area contributed by atoms with Gasteiger partial charge in [0.25, 0.3) is 0 Å². The predicted molar refractivity (Wildman–Crippen MR) is 125 cm³/mol. The number of aromatic nitrogens is 5. The Morgan fingerprint density at radius 1 is 0.600 bits per heavy atom. The molecule has 0 unspecified atom stereocenters. The van der Waals surface area contributed by atoms with Crippen molar-refractivity contribution in [3.8, 4) is 23.0 Å². The zero-order chi connectivity index (χ0) is 21.9. The fraction of sp³-hybridized carbons (Fsp3) is 0.240. The Kier molecular flexibility index (Phi) is 10.8. The first-order chi connectivity index (χ1) is 15.8. The smallest absolute Gasteiger partial charge is 1.00 e. The maximum atomic E-state index is 5.34. The van der Waals surface area contributed by atoms with Gasteiger partial charge in [0.2, 0.25) is 0 Å². The monoisotopic (exact) mass is 548 g/mol. The first kappa shape index (κ1) is 28.8. The number of benzene rings is 2. The first-order valence-corrected chi connectivity index (χ1v) is 10.7. The molecule has 0 saturated heterocycles. The van der Waals surface area contributed by atoms with Gasteiger partial charge in [-0.3, -0.25) is 0 Å². The number of hydrogen-bond donors (Lipinski definition) is 0. The third kappa shape index (κ3) is 5.72. The van der Waals surface area contributed by atoms with Crippen molar-refractivity contribution in [1.82, 2.24) is 24.1 Å². The first-order valence-electron chi connectivity index (χ1n) is 10.7. The molecule has 5 rings (SSSR count). The van der Waals surface area contributed by atoms with Crippen LogP contribution in [0, 0.1) is 0 Å². The van der Waals surface area contributed by atoms with Crippen molar-refractivity contribution in [3.05, 3.63) is 66.7 Å². The second kappa shape index (κ2) is 13.1. The molecular formula is C25H25Cl2N5O2V. The summed E-state index contributed by atoms with van der Waals surface area (Å²) in [5.41, 5.74) is 5.63. The summed E-state index contributed by atoms with van der Waals surface area (Å²) >= 11 is 0. The fourth-order valence-electron chi connectivity index (χ4n) is 4.04. The summed E-state index contributed by atoms with van der Waals surface area (Å²) in [6, 6.07) is 22.3. The van der Waals surface area contributed by atoms with Gasteiger partial charge in [-0.1, -0.05) is 30.3 Å². The number of fused-ring (bicyclic) bond motifs is 2. The summed E-state index contributed by atoms with van der Waals surface area (Å²) in [7, 11) is 3.42. The zero-order valence-corrected chi connectivity index (χ0v) is 22.3. The molecule has 0 bridgehead atoms. The van der Waals surface area contributed by atoms with E-state index in [-0.39, 0.29) is 43.4 Å². The second-order valence-electron chi connectivity index (χ2n) is 7.55. The molecule has 0 aliphatic carbocycles. The van der Waals surface area contributed by atoms with Crippen LogP contribution in [0.3, 0.4) is 0 Å². The molecule has 10 heteroatoms. The van der Waals surface area contributed by atoms with Crippen LogP contribution >= 0.6 is 0 Å². The predicted octanol–water partition coefficient (Wildman–Crippen LogP) is -1.59. The van der Waals surface area contributed by atoms with Crippen molar-refractivity contribution >= 4 is 22.1 Å². The SMILES string of the molecule is COCCn1c(-c2cccc(-c3nc4ccccc4n3CCOC)n2)nc2ccccc21.[Cl-].[Cl-].[V+2]. The molecule has 7 nitrogen and oxygen atoms in total. The van der Waals surface area contributed by atoms with Crippen LogP contribution in [0.5, 0.6) is 0 Å². The van der Waals surface area contributed by atoms with Crippen molar-refractivity contribution < 1.29 is 52.8 Å². The largest absolute Gasteiger partial charge is 2.00 e. The minimum absolute atomic E-state index is 0. The van der Waals surface area contributed by atoms with Gasteiger partial charge in [0.15, 0.2) is 11.6 Å². The molecule has 0 amide bonds. The van der Waals surface area contributed by atoms with Crippen LogP contribution in [-0.4, -0.2) is 51.5 Å². The molecule has 181 valence electrons. The average molecular weight is 549 g/mol. The van der Waals surface area contributed by atoms with Gasteiger partial charge in [-0.25, -0.2) is 15.0 Å². The Morgan fingerprint density at radius 3 is 1.46 bits per heavy atom. The van der Waals surface area contributed by atoms with Crippen molar-refractivity contribution in [1.29, 1.82) is 0 Å². The topological polar surface area (TPSA) is 67.0 Å². The molecule has 5 aromatic rings. The summed E-state index contributed by atoms with van der Waals surface area (Å²) < 4.78 is 15.0. The molecule has 2 aromatic carbocycles. The van der Waals surface area contributed by atoms with Crippen LogP contribution in [0.4, 0.5) is 0 Å². The third-order valence-electron chi connectivity index (χ3n) is 5.55. The Morgan fingerprint density at radius 2 is 1.03 bits per heavy atom. The zero-order valence-electron chi connectivity index (χ0n) is 19.4. The van der Waals surface area contributed by atoms with E-state index >= 15 is 0 Å². The van der Waals surface area contributed by atoms with E-state index in [4.69, 9.17) is 24.4 Å². The molecule has 0 N–H and O–H groups in total. The summed E-state index contributed by atoms with van der Waals surface area (Å²) in [5, 5.41) is 0.